The highest BCUT2D eigenvalue weighted by Gasteiger charge is 2.33. The second-order valence-electron chi connectivity index (χ2n) is 9.77. The number of rotatable bonds is 10. The third-order valence-electron chi connectivity index (χ3n) is 6.14. The maximum absolute atomic E-state index is 13.9. The molecule has 2 amide bonds. The molecule has 0 spiro atoms. The van der Waals surface area contributed by atoms with Crippen molar-refractivity contribution in [2.45, 2.75) is 58.1 Å². The zero-order valence-corrected chi connectivity index (χ0v) is 24.9. The third-order valence-corrected chi connectivity index (χ3v) is 8.47. The van der Waals surface area contributed by atoms with Gasteiger partial charge in [0, 0.05) is 17.6 Å². The molecule has 1 atom stereocenters. The first-order valence-electron chi connectivity index (χ1n) is 12.5. The van der Waals surface area contributed by atoms with E-state index >= 15 is 0 Å². The van der Waals surface area contributed by atoms with Gasteiger partial charge in [-0.2, -0.15) is 0 Å². The summed E-state index contributed by atoms with van der Waals surface area (Å²) < 4.78 is 28.7. The number of carbonyl (C=O) groups is 2. The van der Waals surface area contributed by atoms with Crippen molar-refractivity contribution in [1.82, 2.24) is 10.2 Å². The number of aryl methyl sites for hydroxylation is 2. The molecule has 0 saturated carbocycles. The van der Waals surface area contributed by atoms with Gasteiger partial charge in [-0.15, -0.1) is 0 Å². The summed E-state index contributed by atoms with van der Waals surface area (Å²) in [6, 6.07) is 17.3. The Morgan fingerprint density at radius 1 is 0.872 bits per heavy atom. The summed E-state index contributed by atoms with van der Waals surface area (Å²) in [5, 5.41) is 3.20. The first-order valence-corrected chi connectivity index (χ1v) is 14.7. The van der Waals surface area contributed by atoms with E-state index in [0.717, 1.165) is 21.0 Å². The first kappa shape index (κ1) is 30.5. The van der Waals surface area contributed by atoms with E-state index in [1.54, 1.807) is 19.1 Å². The summed E-state index contributed by atoms with van der Waals surface area (Å²) in [4.78, 5) is 28.3. The van der Waals surface area contributed by atoms with Crippen LogP contribution in [0.2, 0.25) is 10.0 Å². The molecule has 0 aromatic heterocycles. The molecule has 0 saturated heterocycles. The summed E-state index contributed by atoms with van der Waals surface area (Å²) in [7, 11) is -4.24. The molecule has 3 aromatic carbocycles. The number of hydrogen-bond donors (Lipinski definition) is 1. The van der Waals surface area contributed by atoms with Gasteiger partial charge >= 0.3 is 0 Å². The van der Waals surface area contributed by atoms with Crippen LogP contribution in [0, 0.1) is 13.8 Å². The molecule has 0 aliphatic heterocycles. The number of anilines is 1. The first-order chi connectivity index (χ1) is 18.3. The van der Waals surface area contributed by atoms with Gasteiger partial charge in [-0.05, 0) is 70.5 Å². The fourth-order valence-corrected chi connectivity index (χ4v) is 5.77. The maximum atomic E-state index is 13.9. The van der Waals surface area contributed by atoms with Crippen molar-refractivity contribution >= 4 is 50.7 Å². The zero-order chi connectivity index (χ0) is 28.9. The molecule has 1 unspecified atom stereocenters. The minimum Gasteiger partial charge on any atom is -0.352 e. The van der Waals surface area contributed by atoms with Crippen LogP contribution in [0.5, 0.6) is 0 Å². The van der Waals surface area contributed by atoms with Crippen molar-refractivity contribution in [3.05, 3.63) is 93.5 Å². The molecular formula is C29H33Cl2N3O4S. The number of hydrogen-bond acceptors (Lipinski definition) is 4. The molecule has 0 heterocycles. The Hall–Kier alpha value is -3.07. The van der Waals surface area contributed by atoms with Crippen LogP contribution in [0.1, 0.15) is 37.5 Å². The minimum atomic E-state index is -4.24. The van der Waals surface area contributed by atoms with Gasteiger partial charge in [0.15, 0.2) is 0 Å². The second-order valence-corrected chi connectivity index (χ2v) is 12.5. The summed E-state index contributed by atoms with van der Waals surface area (Å²) in [5.41, 5.74) is 2.79. The zero-order valence-electron chi connectivity index (χ0n) is 22.6. The van der Waals surface area contributed by atoms with Crippen molar-refractivity contribution in [3.63, 3.8) is 0 Å². The van der Waals surface area contributed by atoms with E-state index in [4.69, 9.17) is 23.2 Å². The van der Waals surface area contributed by atoms with Gasteiger partial charge in [0.2, 0.25) is 11.8 Å². The molecule has 0 radical (unpaired) electrons. The van der Waals surface area contributed by atoms with E-state index in [2.05, 4.69) is 5.32 Å². The average molecular weight is 591 g/mol. The van der Waals surface area contributed by atoms with Crippen LogP contribution in [0.15, 0.2) is 71.6 Å². The van der Waals surface area contributed by atoms with Gasteiger partial charge in [0.05, 0.1) is 15.6 Å². The van der Waals surface area contributed by atoms with Crippen molar-refractivity contribution in [2.75, 3.05) is 10.8 Å². The van der Waals surface area contributed by atoms with E-state index in [1.165, 1.54) is 35.2 Å². The van der Waals surface area contributed by atoms with Crippen LogP contribution in [0.3, 0.4) is 0 Å². The second kappa shape index (κ2) is 12.9. The number of nitrogens with zero attached hydrogens (tertiary/aromatic N) is 2. The van der Waals surface area contributed by atoms with Gasteiger partial charge in [-0.25, -0.2) is 8.42 Å². The standard InChI is InChI=1S/C29H33Cl2N3O4S/c1-19(2)32-29(36)22(5)33(17-23-10-6-20(3)7-11-23)28(35)18-34(27-16-24(30)12-15-26(27)31)39(37,38)25-13-8-21(4)9-14-25/h6-16,19,22H,17-18H2,1-5H3,(H,32,36). The van der Waals surface area contributed by atoms with Crippen molar-refractivity contribution in [3.8, 4) is 0 Å². The summed E-state index contributed by atoms with van der Waals surface area (Å²) in [6.45, 7) is 8.58. The Labute approximate surface area is 240 Å². The normalized spacial score (nSPS) is 12.2. The van der Waals surface area contributed by atoms with E-state index in [0.29, 0.717) is 0 Å². The van der Waals surface area contributed by atoms with Crippen LogP contribution in [-0.4, -0.2) is 43.8 Å². The van der Waals surface area contributed by atoms with Crippen molar-refractivity contribution in [1.29, 1.82) is 0 Å². The van der Waals surface area contributed by atoms with Crippen LogP contribution >= 0.6 is 23.2 Å². The lowest BCUT2D eigenvalue weighted by Crippen LogP contribution is -2.52. The lowest BCUT2D eigenvalue weighted by Gasteiger charge is -2.32. The molecular weight excluding hydrogens is 557 g/mol. The van der Waals surface area contributed by atoms with E-state index in [9.17, 15) is 18.0 Å². The van der Waals surface area contributed by atoms with Crippen molar-refractivity contribution < 1.29 is 18.0 Å². The number of halogens is 2. The SMILES string of the molecule is Cc1ccc(CN(C(=O)CN(c2cc(Cl)ccc2Cl)S(=O)(=O)c2ccc(C)cc2)C(C)C(=O)NC(C)C)cc1. The largest absolute Gasteiger partial charge is 0.352 e. The predicted molar refractivity (Wildman–Crippen MR) is 157 cm³/mol. The highest BCUT2D eigenvalue weighted by atomic mass is 35.5. The quantitative estimate of drug-likeness (QED) is 0.326. The fourth-order valence-electron chi connectivity index (χ4n) is 3.91. The minimum absolute atomic E-state index is 0.00683. The van der Waals surface area contributed by atoms with Crippen LogP contribution in [0.4, 0.5) is 5.69 Å². The maximum Gasteiger partial charge on any atom is 0.264 e. The number of amides is 2. The van der Waals surface area contributed by atoms with Gasteiger partial charge in [-0.3, -0.25) is 13.9 Å². The Bertz CT molecular complexity index is 1430. The van der Waals surface area contributed by atoms with Gasteiger partial charge in [0.1, 0.15) is 12.6 Å². The molecule has 0 aliphatic rings. The Balaban J connectivity index is 2.07. The van der Waals surface area contributed by atoms with Crippen LogP contribution < -0.4 is 9.62 Å². The highest BCUT2D eigenvalue weighted by Crippen LogP contribution is 2.33. The Kier molecular flexibility index (Phi) is 10.0. The van der Waals surface area contributed by atoms with E-state index in [1.807, 2.05) is 52.0 Å². The lowest BCUT2D eigenvalue weighted by atomic mass is 10.1. The monoisotopic (exact) mass is 589 g/mol. The molecule has 39 heavy (non-hydrogen) atoms. The molecule has 3 aromatic rings. The predicted octanol–water partition coefficient (Wildman–Crippen LogP) is 5.75. The van der Waals surface area contributed by atoms with Crippen molar-refractivity contribution in [2.24, 2.45) is 0 Å². The molecule has 208 valence electrons. The molecule has 0 bridgehead atoms. The topological polar surface area (TPSA) is 86.8 Å². The van der Waals surface area contributed by atoms with Gasteiger partial charge in [-0.1, -0.05) is 70.7 Å². The summed E-state index contributed by atoms with van der Waals surface area (Å²) in [5.74, 6) is -0.923. The molecule has 0 aliphatic carbocycles. The number of nitrogens with one attached hydrogen (secondary N) is 1. The summed E-state index contributed by atoms with van der Waals surface area (Å²) in [6.07, 6.45) is 0. The number of benzene rings is 3. The van der Waals surface area contributed by atoms with Crippen LogP contribution in [-0.2, 0) is 26.2 Å². The summed E-state index contributed by atoms with van der Waals surface area (Å²) >= 11 is 12.6. The van der Waals surface area contributed by atoms with E-state index in [-0.39, 0.29) is 39.1 Å². The van der Waals surface area contributed by atoms with Crippen LogP contribution in [0.25, 0.3) is 0 Å². The van der Waals surface area contributed by atoms with Gasteiger partial charge < -0.3 is 10.2 Å². The Morgan fingerprint density at radius 2 is 1.44 bits per heavy atom. The fraction of sp³-hybridized carbons (Fsp3) is 0.310. The molecule has 1 N–H and O–H groups in total. The molecule has 0 fully saturated rings. The van der Waals surface area contributed by atoms with Gasteiger partial charge in [0.25, 0.3) is 10.0 Å². The number of sulfonamides is 1. The lowest BCUT2D eigenvalue weighted by molar-refractivity contribution is -0.139. The third kappa shape index (κ3) is 7.75. The number of carbonyl (C=O) groups excluding carboxylic acids is 2. The molecule has 10 heteroatoms. The average Bonchev–Trinajstić information content (AvgIpc) is 2.87. The smallest absolute Gasteiger partial charge is 0.264 e. The molecule has 3 rings (SSSR count). The molecule has 7 nitrogen and oxygen atoms in total. The highest BCUT2D eigenvalue weighted by molar-refractivity contribution is 7.92. The van der Waals surface area contributed by atoms with E-state index < -0.39 is 28.5 Å². The Morgan fingerprint density at radius 3 is 2.00 bits per heavy atom.